The number of halogens is 1. The quantitative estimate of drug-likeness (QED) is 0.401. The highest BCUT2D eigenvalue weighted by Gasteiger charge is 2.30. The van der Waals surface area contributed by atoms with Gasteiger partial charge in [-0.05, 0) is 60.4 Å². The van der Waals surface area contributed by atoms with Crippen LogP contribution in [0.4, 0.5) is 0 Å². The molecule has 0 aliphatic heterocycles. The van der Waals surface area contributed by atoms with E-state index in [-0.39, 0.29) is 25.0 Å². The van der Waals surface area contributed by atoms with E-state index in [0.29, 0.717) is 17.9 Å². The van der Waals surface area contributed by atoms with Crippen molar-refractivity contribution in [1.82, 2.24) is 10.2 Å². The summed E-state index contributed by atoms with van der Waals surface area (Å²) in [5.74, 6) is 0.778. The van der Waals surface area contributed by atoms with E-state index in [2.05, 4.69) is 21.2 Å². The van der Waals surface area contributed by atoms with Crippen molar-refractivity contribution in [3.05, 3.63) is 93.5 Å². The minimum atomic E-state index is -0.710. The first kappa shape index (κ1) is 26.3. The molecule has 0 bridgehead atoms. The van der Waals surface area contributed by atoms with Crippen molar-refractivity contribution in [2.24, 2.45) is 0 Å². The van der Waals surface area contributed by atoms with Gasteiger partial charge in [-0.3, -0.25) is 9.59 Å². The van der Waals surface area contributed by atoms with Crippen LogP contribution in [0.3, 0.4) is 0 Å². The molecule has 1 atom stereocenters. The number of methoxy groups -OCH3 is 1. The van der Waals surface area contributed by atoms with Gasteiger partial charge in [0.2, 0.25) is 5.91 Å². The number of carbonyl (C=O) groups excluding carboxylic acids is 2. The van der Waals surface area contributed by atoms with Gasteiger partial charge in [0.25, 0.3) is 5.91 Å². The van der Waals surface area contributed by atoms with E-state index >= 15 is 0 Å². The molecule has 0 heterocycles. The Balaban J connectivity index is 1.90. The van der Waals surface area contributed by atoms with Gasteiger partial charge in [-0.2, -0.15) is 0 Å². The van der Waals surface area contributed by atoms with Gasteiger partial charge in [-0.15, -0.1) is 0 Å². The van der Waals surface area contributed by atoms with Crippen LogP contribution in [0.5, 0.6) is 11.5 Å². The molecule has 35 heavy (non-hydrogen) atoms. The highest BCUT2D eigenvalue weighted by Crippen LogP contribution is 2.26. The van der Waals surface area contributed by atoms with Crippen LogP contribution in [0.2, 0.25) is 0 Å². The number of aryl methyl sites for hydroxylation is 2. The zero-order chi connectivity index (χ0) is 25.4. The molecule has 0 radical (unpaired) electrons. The average Bonchev–Trinajstić information content (AvgIpc) is 2.88. The minimum absolute atomic E-state index is 0.188. The Morgan fingerprint density at radius 2 is 1.60 bits per heavy atom. The van der Waals surface area contributed by atoms with Gasteiger partial charge in [0.1, 0.15) is 17.5 Å². The summed E-state index contributed by atoms with van der Waals surface area (Å²) in [7, 11) is 3.18. The molecule has 0 spiro atoms. The maximum Gasteiger partial charge on any atom is 0.261 e. The SMILES string of the molecule is CNC(=O)C(Cc1ccccc1)N(Cc1cccc(OC)c1)C(=O)COc1cc(C)c(Br)c(C)c1. The first-order chi connectivity index (χ1) is 16.8. The molecule has 0 saturated heterocycles. The molecule has 3 aromatic rings. The van der Waals surface area contributed by atoms with E-state index in [9.17, 15) is 9.59 Å². The van der Waals surface area contributed by atoms with Crippen LogP contribution in [0, 0.1) is 13.8 Å². The third kappa shape index (κ3) is 7.09. The van der Waals surface area contributed by atoms with Crippen molar-refractivity contribution < 1.29 is 19.1 Å². The van der Waals surface area contributed by atoms with Crippen molar-refractivity contribution in [2.45, 2.75) is 32.9 Å². The van der Waals surface area contributed by atoms with Crippen molar-refractivity contribution in [3.63, 3.8) is 0 Å². The highest BCUT2D eigenvalue weighted by molar-refractivity contribution is 9.10. The zero-order valence-corrected chi connectivity index (χ0v) is 22.1. The van der Waals surface area contributed by atoms with Gasteiger partial charge >= 0.3 is 0 Å². The number of hydrogen-bond acceptors (Lipinski definition) is 4. The van der Waals surface area contributed by atoms with Crippen LogP contribution in [0.1, 0.15) is 22.3 Å². The van der Waals surface area contributed by atoms with Crippen LogP contribution in [0.25, 0.3) is 0 Å². The predicted molar refractivity (Wildman–Crippen MR) is 141 cm³/mol. The van der Waals surface area contributed by atoms with E-state index in [1.54, 1.807) is 19.1 Å². The number of nitrogens with one attached hydrogen (secondary N) is 1. The molecule has 0 aromatic heterocycles. The summed E-state index contributed by atoms with van der Waals surface area (Å²) in [5, 5.41) is 2.72. The Labute approximate surface area is 215 Å². The number of rotatable bonds is 10. The van der Waals surface area contributed by atoms with E-state index in [1.807, 2.05) is 80.6 Å². The molecular formula is C28H31BrN2O4. The summed E-state index contributed by atoms with van der Waals surface area (Å²) in [4.78, 5) is 28.1. The van der Waals surface area contributed by atoms with Crippen LogP contribution in [-0.2, 0) is 22.6 Å². The van der Waals surface area contributed by atoms with Gasteiger partial charge in [-0.25, -0.2) is 0 Å². The topological polar surface area (TPSA) is 67.9 Å². The molecular weight excluding hydrogens is 508 g/mol. The molecule has 1 N–H and O–H groups in total. The fraction of sp³-hybridized carbons (Fsp3) is 0.286. The second kappa shape index (κ2) is 12.4. The molecule has 0 aliphatic carbocycles. The first-order valence-corrected chi connectivity index (χ1v) is 12.2. The first-order valence-electron chi connectivity index (χ1n) is 11.4. The highest BCUT2D eigenvalue weighted by atomic mass is 79.9. The predicted octanol–water partition coefficient (Wildman–Crippen LogP) is 4.84. The van der Waals surface area contributed by atoms with E-state index in [0.717, 1.165) is 26.7 Å². The average molecular weight is 539 g/mol. The normalized spacial score (nSPS) is 11.5. The smallest absolute Gasteiger partial charge is 0.261 e. The molecule has 0 saturated carbocycles. The second-order valence-corrected chi connectivity index (χ2v) is 9.15. The molecule has 0 aliphatic rings. The standard InChI is InChI=1S/C28H31BrN2O4/c1-19-13-24(14-20(2)27(19)29)35-18-26(32)31(17-22-11-8-12-23(15-22)34-4)25(28(33)30-3)16-21-9-6-5-7-10-21/h5-15,25H,16-18H2,1-4H3,(H,30,33). The van der Waals surface area contributed by atoms with Gasteiger partial charge in [0.15, 0.2) is 6.61 Å². The number of carbonyl (C=O) groups is 2. The minimum Gasteiger partial charge on any atom is -0.497 e. The fourth-order valence-electron chi connectivity index (χ4n) is 3.91. The van der Waals surface area contributed by atoms with Crippen LogP contribution in [0.15, 0.2) is 71.2 Å². The Morgan fingerprint density at radius 1 is 0.943 bits per heavy atom. The summed E-state index contributed by atoms with van der Waals surface area (Å²) in [5.41, 5.74) is 3.86. The summed E-state index contributed by atoms with van der Waals surface area (Å²) in [6, 6.07) is 20.2. The molecule has 1 unspecified atom stereocenters. The lowest BCUT2D eigenvalue weighted by atomic mass is 10.0. The van der Waals surface area contributed by atoms with Crippen molar-refractivity contribution in [1.29, 1.82) is 0 Å². The van der Waals surface area contributed by atoms with E-state index < -0.39 is 6.04 Å². The van der Waals surface area contributed by atoms with Gasteiger partial charge < -0.3 is 19.7 Å². The number of hydrogen-bond donors (Lipinski definition) is 1. The third-order valence-electron chi connectivity index (χ3n) is 5.78. The van der Waals surface area contributed by atoms with Gasteiger partial charge in [0, 0.05) is 24.5 Å². The maximum atomic E-state index is 13.5. The molecule has 3 rings (SSSR count). The summed E-state index contributed by atoms with van der Waals surface area (Å²) >= 11 is 3.55. The summed E-state index contributed by atoms with van der Waals surface area (Å²) in [6.07, 6.45) is 0.382. The molecule has 3 aromatic carbocycles. The number of ether oxygens (including phenoxy) is 2. The summed E-state index contributed by atoms with van der Waals surface area (Å²) in [6.45, 7) is 4.00. The number of nitrogens with zero attached hydrogens (tertiary/aromatic N) is 1. The molecule has 0 fully saturated rings. The third-order valence-corrected chi connectivity index (χ3v) is 7.03. The number of benzene rings is 3. The van der Waals surface area contributed by atoms with Crippen molar-refractivity contribution >= 4 is 27.7 Å². The van der Waals surface area contributed by atoms with Crippen molar-refractivity contribution in [2.75, 3.05) is 20.8 Å². The lowest BCUT2D eigenvalue weighted by Gasteiger charge is -2.31. The van der Waals surface area contributed by atoms with Crippen molar-refractivity contribution in [3.8, 4) is 11.5 Å². The van der Waals surface area contributed by atoms with E-state index in [4.69, 9.17) is 9.47 Å². The van der Waals surface area contributed by atoms with Gasteiger partial charge in [-0.1, -0.05) is 58.4 Å². The van der Waals surface area contributed by atoms with E-state index in [1.165, 1.54) is 0 Å². The lowest BCUT2D eigenvalue weighted by Crippen LogP contribution is -2.51. The molecule has 184 valence electrons. The molecule has 6 nitrogen and oxygen atoms in total. The zero-order valence-electron chi connectivity index (χ0n) is 20.5. The summed E-state index contributed by atoms with van der Waals surface area (Å²) < 4.78 is 12.3. The Hall–Kier alpha value is -3.32. The van der Waals surface area contributed by atoms with Crippen LogP contribution < -0.4 is 14.8 Å². The van der Waals surface area contributed by atoms with Crippen LogP contribution in [-0.4, -0.2) is 43.5 Å². The Morgan fingerprint density at radius 3 is 2.23 bits per heavy atom. The van der Waals surface area contributed by atoms with Crippen LogP contribution >= 0.6 is 15.9 Å². The molecule has 2 amide bonds. The molecule has 7 heteroatoms. The number of likely N-dealkylation sites (N-methyl/N-ethyl adjacent to an activating group) is 1. The number of amides is 2. The Kier molecular flexibility index (Phi) is 9.32. The fourth-order valence-corrected chi connectivity index (χ4v) is 4.13. The largest absolute Gasteiger partial charge is 0.497 e. The second-order valence-electron chi connectivity index (χ2n) is 8.35. The maximum absolute atomic E-state index is 13.5. The Bertz CT molecular complexity index is 1140. The lowest BCUT2D eigenvalue weighted by molar-refractivity contribution is -0.142. The van der Waals surface area contributed by atoms with Gasteiger partial charge in [0.05, 0.1) is 7.11 Å². The monoisotopic (exact) mass is 538 g/mol.